The molecule has 0 bridgehead atoms. The van der Waals surface area contributed by atoms with Gasteiger partial charge in [-0.3, -0.25) is 0 Å². The Labute approximate surface area is 108 Å². The van der Waals surface area contributed by atoms with Crippen molar-refractivity contribution in [3.63, 3.8) is 0 Å². The lowest BCUT2D eigenvalue weighted by Gasteiger charge is -2.37. The number of carbonyl (C=O) groups is 1. The van der Waals surface area contributed by atoms with Crippen LogP contribution >= 0.6 is 11.6 Å². The third-order valence-electron chi connectivity index (χ3n) is 3.84. The smallest absolute Gasteiger partial charge is 0.130 e. The van der Waals surface area contributed by atoms with Gasteiger partial charge in [-0.1, -0.05) is 17.7 Å². The van der Waals surface area contributed by atoms with E-state index in [0.29, 0.717) is 5.02 Å². The predicted octanol–water partition coefficient (Wildman–Crippen LogP) is 2.81. The number of aldehydes is 1. The van der Waals surface area contributed by atoms with Gasteiger partial charge in [0.25, 0.3) is 0 Å². The van der Waals surface area contributed by atoms with Crippen LogP contribution in [0.4, 0.5) is 0 Å². The quantitative estimate of drug-likeness (QED) is 0.754. The van der Waals surface area contributed by atoms with E-state index in [2.05, 4.69) is 18.9 Å². The van der Waals surface area contributed by atoms with Gasteiger partial charge in [0.05, 0.1) is 5.41 Å². The third kappa shape index (κ3) is 2.38. The van der Waals surface area contributed by atoms with E-state index in [1.165, 1.54) is 0 Å². The summed E-state index contributed by atoms with van der Waals surface area (Å²) < 4.78 is 0. The van der Waals surface area contributed by atoms with E-state index in [4.69, 9.17) is 11.6 Å². The lowest BCUT2D eigenvalue weighted by molar-refractivity contribution is -0.114. The summed E-state index contributed by atoms with van der Waals surface area (Å²) in [4.78, 5) is 13.9. The number of piperidine rings is 1. The zero-order valence-electron chi connectivity index (χ0n) is 10.4. The van der Waals surface area contributed by atoms with Gasteiger partial charge in [-0.15, -0.1) is 0 Å². The highest BCUT2D eigenvalue weighted by atomic mass is 35.5. The molecule has 2 nitrogen and oxygen atoms in total. The summed E-state index contributed by atoms with van der Waals surface area (Å²) in [5.74, 6) is 0. The molecule has 0 aliphatic carbocycles. The van der Waals surface area contributed by atoms with Gasteiger partial charge in [-0.05, 0) is 63.2 Å². The molecule has 1 aromatic carbocycles. The van der Waals surface area contributed by atoms with E-state index >= 15 is 0 Å². The molecule has 92 valence electrons. The Morgan fingerprint density at radius 3 is 2.59 bits per heavy atom. The van der Waals surface area contributed by atoms with Crippen LogP contribution in [0.1, 0.15) is 24.0 Å². The maximum absolute atomic E-state index is 11.6. The van der Waals surface area contributed by atoms with Crippen LogP contribution < -0.4 is 0 Å². The molecule has 2 rings (SSSR count). The Morgan fingerprint density at radius 1 is 1.35 bits per heavy atom. The summed E-state index contributed by atoms with van der Waals surface area (Å²) in [6, 6.07) is 5.84. The van der Waals surface area contributed by atoms with Crippen molar-refractivity contribution in [2.45, 2.75) is 25.2 Å². The fraction of sp³-hybridized carbons (Fsp3) is 0.500. The first-order valence-electron chi connectivity index (χ1n) is 5.99. The number of carbonyl (C=O) groups excluding carboxylic acids is 1. The highest BCUT2D eigenvalue weighted by molar-refractivity contribution is 6.30. The van der Waals surface area contributed by atoms with E-state index in [9.17, 15) is 4.79 Å². The largest absolute Gasteiger partial charge is 0.306 e. The first-order valence-corrected chi connectivity index (χ1v) is 6.37. The Bertz CT molecular complexity index is 422. The molecule has 0 saturated carbocycles. The Kier molecular flexibility index (Phi) is 3.55. The number of nitrogens with zero attached hydrogens (tertiary/aromatic N) is 1. The van der Waals surface area contributed by atoms with Gasteiger partial charge in [0.2, 0.25) is 0 Å². The summed E-state index contributed by atoms with van der Waals surface area (Å²) in [5, 5.41) is 0.714. The molecular formula is C14H18ClNO. The molecule has 1 aliphatic rings. The topological polar surface area (TPSA) is 20.3 Å². The maximum Gasteiger partial charge on any atom is 0.130 e. The number of hydrogen-bond donors (Lipinski definition) is 0. The molecule has 0 radical (unpaired) electrons. The zero-order chi connectivity index (χ0) is 12.5. The number of rotatable bonds is 2. The minimum atomic E-state index is -0.332. The average Bonchev–Trinajstić information content (AvgIpc) is 2.34. The van der Waals surface area contributed by atoms with Crippen LogP contribution in [0, 0.1) is 6.92 Å². The van der Waals surface area contributed by atoms with Crippen molar-refractivity contribution in [2.24, 2.45) is 0 Å². The van der Waals surface area contributed by atoms with E-state index < -0.39 is 0 Å². The first-order chi connectivity index (χ1) is 8.07. The van der Waals surface area contributed by atoms with Crippen LogP contribution in [0.5, 0.6) is 0 Å². The van der Waals surface area contributed by atoms with Crippen molar-refractivity contribution in [3.8, 4) is 0 Å². The molecule has 17 heavy (non-hydrogen) atoms. The van der Waals surface area contributed by atoms with E-state index in [0.717, 1.165) is 43.3 Å². The number of benzene rings is 1. The van der Waals surface area contributed by atoms with Crippen LogP contribution in [0.15, 0.2) is 18.2 Å². The van der Waals surface area contributed by atoms with Gasteiger partial charge >= 0.3 is 0 Å². The van der Waals surface area contributed by atoms with Crippen molar-refractivity contribution in [1.82, 2.24) is 4.90 Å². The second kappa shape index (κ2) is 4.79. The van der Waals surface area contributed by atoms with Crippen LogP contribution in [-0.2, 0) is 10.2 Å². The molecule has 0 spiro atoms. The van der Waals surface area contributed by atoms with Gasteiger partial charge < -0.3 is 9.69 Å². The minimum Gasteiger partial charge on any atom is -0.306 e. The molecule has 0 N–H and O–H groups in total. The molecule has 0 amide bonds. The molecule has 1 saturated heterocycles. The molecule has 1 heterocycles. The summed E-state index contributed by atoms with van der Waals surface area (Å²) >= 11 is 6.06. The van der Waals surface area contributed by atoms with Gasteiger partial charge in [0.15, 0.2) is 0 Å². The molecular weight excluding hydrogens is 234 g/mol. The summed E-state index contributed by atoms with van der Waals surface area (Å²) in [7, 11) is 2.10. The summed E-state index contributed by atoms with van der Waals surface area (Å²) in [6.45, 7) is 3.98. The highest BCUT2D eigenvalue weighted by Gasteiger charge is 2.36. The van der Waals surface area contributed by atoms with Crippen LogP contribution in [0.3, 0.4) is 0 Å². The second-order valence-electron chi connectivity index (χ2n) is 5.04. The van der Waals surface area contributed by atoms with Crippen LogP contribution in [0.2, 0.25) is 5.02 Å². The van der Waals surface area contributed by atoms with Crippen LogP contribution in [-0.4, -0.2) is 31.3 Å². The number of aryl methyl sites for hydroxylation is 1. The fourth-order valence-corrected chi connectivity index (χ4v) is 2.77. The first kappa shape index (κ1) is 12.6. The van der Waals surface area contributed by atoms with Gasteiger partial charge in [0, 0.05) is 5.02 Å². The Hall–Kier alpha value is -0.860. The monoisotopic (exact) mass is 251 g/mol. The molecule has 0 aromatic heterocycles. The van der Waals surface area contributed by atoms with Crippen molar-refractivity contribution in [3.05, 3.63) is 34.3 Å². The summed E-state index contributed by atoms with van der Waals surface area (Å²) in [5.41, 5.74) is 1.93. The Balaban J connectivity index is 2.41. The van der Waals surface area contributed by atoms with Crippen LogP contribution in [0.25, 0.3) is 0 Å². The maximum atomic E-state index is 11.6. The molecule has 0 unspecified atom stereocenters. The number of halogens is 1. The normalized spacial score (nSPS) is 20.2. The second-order valence-corrected chi connectivity index (χ2v) is 5.47. The molecule has 0 atom stereocenters. The van der Waals surface area contributed by atoms with E-state index in [1.54, 1.807) is 0 Å². The van der Waals surface area contributed by atoms with Gasteiger partial charge in [0.1, 0.15) is 6.29 Å². The minimum absolute atomic E-state index is 0.332. The summed E-state index contributed by atoms with van der Waals surface area (Å²) in [6.07, 6.45) is 2.89. The standard InChI is InChI=1S/C14H18ClNO/c1-11-3-4-12(15)9-13(11)14(10-17)5-7-16(2)8-6-14/h3-4,9-10H,5-8H2,1-2H3. The van der Waals surface area contributed by atoms with E-state index in [-0.39, 0.29) is 5.41 Å². The SMILES string of the molecule is Cc1ccc(Cl)cc1C1(C=O)CCN(C)CC1. The lowest BCUT2D eigenvalue weighted by atomic mass is 9.72. The molecule has 3 heteroatoms. The van der Waals surface area contributed by atoms with Crippen molar-refractivity contribution in [1.29, 1.82) is 0 Å². The lowest BCUT2D eigenvalue weighted by Crippen LogP contribution is -2.42. The predicted molar refractivity (Wildman–Crippen MR) is 70.7 cm³/mol. The third-order valence-corrected chi connectivity index (χ3v) is 4.08. The number of hydrogen-bond acceptors (Lipinski definition) is 2. The van der Waals surface area contributed by atoms with Gasteiger partial charge in [-0.25, -0.2) is 0 Å². The number of likely N-dealkylation sites (tertiary alicyclic amines) is 1. The van der Waals surface area contributed by atoms with Crippen molar-refractivity contribution >= 4 is 17.9 Å². The average molecular weight is 252 g/mol. The highest BCUT2D eigenvalue weighted by Crippen LogP contribution is 2.36. The van der Waals surface area contributed by atoms with Gasteiger partial charge in [-0.2, -0.15) is 0 Å². The van der Waals surface area contributed by atoms with Crippen molar-refractivity contribution < 1.29 is 4.79 Å². The van der Waals surface area contributed by atoms with Crippen molar-refractivity contribution in [2.75, 3.05) is 20.1 Å². The zero-order valence-corrected chi connectivity index (χ0v) is 11.1. The molecule has 1 aromatic rings. The Morgan fingerprint density at radius 2 is 2.00 bits per heavy atom. The molecule has 1 aliphatic heterocycles. The fourth-order valence-electron chi connectivity index (χ4n) is 2.60. The van der Waals surface area contributed by atoms with E-state index in [1.807, 2.05) is 18.2 Å². The molecule has 1 fully saturated rings.